The molecule has 0 atom stereocenters. The molecule has 3 nitrogen and oxygen atoms in total. The number of methoxy groups -OCH3 is 1. The van der Waals surface area contributed by atoms with Gasteiger partial charge in [-0.1, -0.05) is 0 Å². The van der Waals surface area contributed by atoms with Gasteiger partial charge in [-0.05, 0) is 29.8 Å². The summed E-state index contributed by atoms with van der Waals surface area (Å²) in [5.74, 6) is 0.429. The van der Waals surface area contributed by atoms with E-state index in [0.717, 1.165) is 6.26 Å². The Hall–Kier alpha value is -1.50. The summed E-state index contributed by atoms with van der Waals surface area (Å²) in [7, 11) is -2.57. The van der Waals surface area contributed by atoms with E-state index < -0.39 is 20.9 Å². The van der Waals surface area contributed by atoms with Crippen molar-refractivity contribution in [3.63, 3.8) is 0 Å². The molecule has 18 heavy (non-hydrogen) atoms. The van der Waals surface area contributed by atoms with Crippen LogP contribution in [0.4, 0.5) is 13.2 Å². The lowest BCUT2D eigenvalue weighted by molar-refractivity contribution is -0.0792. The summed E-state index contributed by atoms with van der Waals surface area (Å²) in [6.45, 7) is 0. The van der Waals surface area contributed by atoms with E-state index in [2.05, 4.69) is 0 Å². The van der Waals surface area contributed by atoms with E-state index in [-0.39, 0.29) is 11.6 Å². The second kappa shape index (κ2) is 5.01. The van der Waals surface area contributed by atoms with Gasteiger partial charge in [0, 0.05) is 12.3 Å². The third-order valence-electron chi connectivity index (χ3n) is 2.07. The summed E-state index contributed by atoms with van der Waals surface area (Å²) >= 11 is 0. The minimum atomic E-state index is -4.70. The fraction of sp³-hybridized carbons (Fsp3) is 0.273. The van der Waals surface area contributed by atoms with Gasteiger partial charge in [0.25, 0.3) is 0 Å². The van der Waals surface area contributed by atoms with Crippen molar-refractivity contribution >= 4 is 14.7 Å². The molecule has 0 heterocycles. The first kappa shape index (κ1) is 14.6. The lowest BCUT2D eigenvalue weighted by Gasteiger charge is -2.08. The average Bonchev–Trinajstić information content (AvgIpc) is 2.24. The maximum absolute atomic E-state index is 12.3. The van der Waals surface area contributed by atoms with Gasteiger partial charge in [0.05, 0.1) is 12.0 Å². The predicted octanol–water partition coefficient (Wildman–Crippen LogP) is 2.64. The van der Waals surface area contributed by atoms with Crippen molar-refractivity contribution in [2.45, 2.75) is 6.18 Å². The van der Waals surface area contributed by atoms with Crippen LogP contribution in [0.3, 0.4) is 0 Å². The molecular weight excluding hydrogens is 269 g/mol. The van der Waals surface area contributed by atoms with Gasteiger partial charge in [-0.25, -0.2) is 8.42 Å². The Labute approximate surface area is 103 Å². The minimum absolute atomic E-state index is 0.0318. The number of rotatable bonds is 3. The number of alkyl halides is 3. The molecule has 7 heteroatoms. The molecular formula is C11H11F3O3S. The second-order valence-electron chi connectivity index (χ2n) is 3.55. The summed E-state index contributed by atoms with van der Waals surface area (Å²) in [5, 5.41) is 0. The highest BCUT2D eigenvalue weighted by Crippen LogP contribution is 2.28. The first-order chi connectivity index (χ1) is 8.13. The van der Waals surface area contributed by atoms with Gasteiger partial charge in [0.1, 0.15) is 5.75 Å². The van der Waals surface area contributed by atoms with Crippen LogP contribution in [0.5, 0.6) is 5.75 Å². The smallest absolute Gasteiger partial charge is 0.411 e. The van der Waals surface area contributed by atoms with Crippen molar-refractivity contribution in [1.29, 1.82) is 0 Å². The molecule has 1 aromatic rings. The number of hydrogen-bond donors (Lipinski definition) is 0. The highest BCUT2D eigenvalue weighted by molar-refractivity contribution is 8.00. The van der Waals surface area contributed by atoms with Gasteiger partial charge < -0.3 is 4.74 Å². The molecule has 100 valence electrons. The Bertz CT molecular complexity index is 542. The number of ether oxygens (including phenoxy) is 1. The topological polar surface area (TPSA) is 43.4 Å². The number of hydrogen-bond acceptors (Lipinski definition) is 3. The summed E-state index contributed by atoms with van der Waals surface area (Å²) in [6, 6.07) is 5.31. The van der Waals surface area contributed by atoms with Crippen LogP contribution in [0.2, 0.25) is 0 Å². The van der Waals surface area contributed by atoms with Crippen LogP contribution in [0.1, 0.15) is 5.56 Å². The van der Waals surface area contributed by atoms with Gasteiger partial charge in [0.15, 0.2) is 9.84 Å². The van der Waals surface area contributed by atoms with Gasteiger partial charge in [-0.3, -0.25) is 0 Å². The third kappa shape index (κ3) is 4.06. The van der Waals surface area contributed by atoms with Crippen molar-refractivity contribution in [2.24, 2.45) is 0 Å². The molecule has 0 aromatic heterocycles. The first-order valence-electron chi connectivity index (χ1n) is 4.77. The van der Waals surface area contributed by atoms with Crippen molar-refractivity contribution < 1.29 is 26.3 Å². The Morgan fingerprint density at radius 1 is 1.22 bits per heavy atom. The lowest BCUT2D eigenvalue weighted by atomic mass is 10.2. The highest BCUT2D eigenvalue weighted by Gasteiger charge is 2.28. The molecule has 0 bridgehead atoms. The molecule has 0 saturated carbocycles. The fourth-order valence-electron chi connectivity index (χ4n) is 1.31. The van der Waals surface area contributed by atoms with E-state index in [1.807, 2.05) is 0 Å². The maximum atomic E-state index is 12.3. The molecule has 0 aliphatic heterocycles. The van der Waals surface area contributed by atoms with Crippen LogP contribution in [-0.4, -0.2) is 28.0 Å². The van der Waals surface area contributed by atoms with E-state index in [1.54, 1.807) is 0 Å². The zero-order chi connectivity index (χ0) is 14.0. The molecule has 0 N–H and O–H groups in total. The van der Waals surface area contributed by atoms with E-state index in [4.69, 9.17) is 4.74 Å². The molecule has 0 radical (unpaired) electrons. The number of allylic oxidation sites excluding steroid dienone is 1. The number of sulfone groups is 1. The monoisotopic (exact) mass is 280 g/mol. The second-order valence-corrected chi connectivity index (χ2v) is 5.54. The molecule has 0 amide bonds. The molecule has 0 fully saturated rings. The van der Waals surface area contributed by atoms with Gasteiger partial charge >= 0.3 is 6.18 Å². The molecule has 0 aliphatic carbocycles. The highest BCUT2D eigenvalue weighted by atomic mass is 32.2. The third-order valence-corrected chi connectivity index (χ3v) is 3.22. The van der Waals surface area contributed by atoms with Crippen LogP contribution in [-0.2, 0) is 9.84 Å². The van der Waals surface area contributed by atoms with E-state index in [1.165, 1.54) is 31.4 Å². The first-order valence-corrected chi connectivity index (χ1v) is 6.67. The van der Waals surface area contributed by atoms with E-state index in [0.29, 0.717) is 5.75 Å². The SMILES string of the molecule is COc1ccc(/C(=C\C(F)(F)F)S(C)(=O)=O)cc1. The van der Waals surface area contributed by atoms with Crippen LogP contribution >= 0.6 is 0 Å². The van der Waals surface area contributed by atoms with Crippen molar-refractivity contribution in [1.82, 2.24) is 0 Å². The van der Waals surface area contributed by atoms with Gasteiger partial charge in [-0.15, -0.1) is 0 Å². The molecule has 0 unspecified atom stereocenters. The summed E-state index contributed by atoms with van der Waals surface area (Å²) in [5.41, 5.74) is -0.0318. The number of halogens is 3. The van der Waals surface area contributed by atoms with Gasteiger partial charge in [0.2, 0.25) is 0 Å². The van der Waals surface area contributed by atoms with E-state index in [9.17, 15) is 21.6 Å². The quantitative estimate of drug-likeness (QED) is 0.855. The zero-order valence-corrected chi connectivity index (χ0v) is 10.5. The van der Waals surface area contributed by atoms with Gasteiger partial charge in [-0.2, -0.15) is 13.2 Å². The minimum Gasteiger partial charge on any atom is -0.497 e. The Balaban J connectivity index is 3.32. The lowest BCUT2D eigenvalue weighted by Crippen LogP contribution is -2.08. The predicted molar refractivity (Wildman–Crippen MR) is 61.9 cm³/mol. The standard InChI is InChI=1S/C11H11F3O3S/c1-17-9-5-3-8(4-6-9)10(18(2,15)16)7-11(12,13)14/h3-7H,1-2H3/b10-7+. The Morgan fingerprint density at radius 2 is 1.72 bits per heavy atom. The summed E-state index contributed by atoms with van der Waals surface area (Å²) in [4.78, 5) is -0.766. The molecule has 1 aromatic carbocycles. The van der Waals surface area contributed by atoms with Crippen molar-refractivity contribution in [2.75, 3.05) is 13.4 Å². The molecule has 1 rings (SSSR count). The van der Waals surface area contributed by atoms with E-state index >= 15 is 0 Å². The molecule has 0 spiro atoms. The molecule has 0 saturated heterocycles. The number of benzene rings is 1. The van der Waals surface area contributed by atoms with Crippen molar-refractivity contribution in [3.8, 4) is 5.75 Å². The Morgan fingerprint density at radius 3 is 2.06 bits per heavy atom. The summed E-state index contributed by atoms with van der Waals surface area (Å²) < 4.78 is 64.5. The summed E-state index contributed by atoms with van der Waals surface area (Å²) in [6.07, 6.45) is -4.18. The van der Waals surface area contributed by atoms with Crippen LogP contribution in [0.15, 0.2) is 30.3 Å². The Kier molecular flexibility index (Phi) is 4.05. The average molecular weight is 280 g/mol. The van der Waals surface area contributed by atoms with Crippen LogP contribution < -0.4 is 4.74 Å². The van der Waals surface area contributed by atoms with Crippen molar-refractivity contribution in [3.05, 3.63) is 35.9 Å². The maximum Gasteiger partial charge on any atom is 0.411 e. The van der Waals surface area contributed by atoms with Crippen LogP contribution in [0.25, 0.3) is 4.91 Å². The molecule has 0 aliphatic rings. The fourth-order valence-corrected chi connectivity index (χ4v) is 2.22. The normalized spacial score (nSPS) is 13.5. The van der Waals surface area contributed by atoms with Crippen LogP contribution in [0, 0.1) is 0 Å². The largest absolute Gasteiger partial charge is 0.497 e. The zero-order valence-electron chi connectivity index (χ0n) is 9.65.